The number of nitrogens with one attached hydrogen (secondary N) is 1. The number of carbonyl (C=O) groups is 1. The van der Waals surface area contributed by atoms with Crippen LogP contribution in [-0.4, -0.2) is 15.9 Å². The summed E-state index contributed by atoms with van der Waals surface area (Å²) >= 11 is 7.17. The largest absolute Gasteiger partial charge is 0.318 e. The molecular formula is C10H8ClN3OS. The van der Waals surface area contributed by atoms with E-state index in [1.165, 1.54) is 17.5 Å². The van der Waals surface area contributed by atoms with Crippen molar-refractivity contribution in [2.24, 2.45) is 0 Å². The number of halogens is 1. The molecule has 0 bridgehead atoms. The molecule has 16 heavy (non-hydrogen) atoms. The van der Waals surface area contributed by atoms with Crippen molar-refractivity contribution in [3.63, 3.8) is 0 Å². The second-order valence-electron chi connectivity index (χ2n) is 3.11. The van der Waals surface area contributed by atoms with Crippen molar-refractivity contribution in [3.8, 4) is 0 Å². The molecule has 82 valence electrons. The number of pyridine rings is 1. The standard InChI is InChI=1S/C10H8ClN3OS/c1-6-2-3-13-9(11)8(6)14-10(15)7-4-12-5-16-7/h2-5H,1H3,(H,14,15). The van der Waals surface area contributed by atoms with Crippen LogP contribution in [0, 0.1) is 6.92 Å². The van der Waals surface area contributed by atoms with Gasteiger partial charge in [0.05, 0.1) is 17.4 Å². The maximum Gasteiger partial charge on any atom is 0.267 e. The molecule has 0 fully saturated rings. The van der Waals surface area contributed by atoms with Crippen LogP contribution in [0.1, 0.15) is 15.2 Å². The van der Waals surface area contributed by atoms with Gasteiger partial charge in [0, 0.05) is 6.20 Å². The second-order valence-corrected chi connectivity index (χ2v) is 4.36. The Bertz CT molecular complexity index is 493. The third-order valence-corrected chi connectivity index (χ3v) is 3.07. The first-order valence-corrected chi connectivity index (χ1v) is 5.75. The minimum Gasteiger partial charge on any atom is -0.318 e. The van der Waals surface area contributed by atoms with Crippen molar-refractivity contribution in [3.05, 3.63) is 39.6 Å². The average molecular weight is 254 g/mol. The number of nitrogens with zero attached hydrogens (tertiary/aromatic N) is 2. The highest BCUT2D eigenvalue weighted by molar-refractivity contribution is 7.11. The highest BCUT2D eigenvalue weighted by Crippen LogP contribution is 2.23. The quantitative estimate of drug-likeness (QED) is 0.838. The molecule has 6 heteroatoms. The van der Waals surface area contributed by atoms with Gasteiger partial charge in [-0.2, -0.15) is 0 Å². The summed E-state index contributed by atoms with van der Waals surface area (Å²) in [7, 11) is 0. The summed E-state index contributed by atoms with van der Waals surface area (Å²) in [5.74, 6) is -0.222. The lowest BCUT2D eigenvalue weighted by molar-refractivity contribution is 0.103. The second kappa shape index (κ2) is 4.59. The molecule has 0 radical (unpaired) electrons. The van der Waals surface area contributed by atoms with Crippen LogP contribution in [0.25, 0.3) is 0 Å². The number of carbonyl (C=O) groups excluding carboxylic acids is 1. The van der Waals surface area contributed by atoms with E-state index in [4.69, 9.17) is 11.6 Å². The minimum absolute atomic E-state index is 0.222. The van der Waals surface area contributed by atoms with Gasteiger partial charge in [0.2, 0.25) is 0 Å². The lowest BCUT2D eigenvalue weighted by Gasteiger charge is -2.07. The fourth-order valence-corrected chi connectivity index (χ4v) is 1.95. The molecule has 0 spiro atoms. The Morgan fingerprint density at radius 3 is 3.00 bits per heavy atom. The van der Waals surface area contributed by atoms with E-state index in [9.17, 15) is 4.79 Å². The Kier molecular flexibility index (Phi) is 3.17. The zero-order valence-corrected chi connectivity index (χ0v) is 9.97. The van der Waals surface area contributed by atoms with Gasteiger partial charge in [-0.15, -0.1) is 11.3 Å². The predicted octanol–water partition coefficient (Wildman–Crippen LogP) is 2.75. The van der Waals surface area contributed by atoms with E-state index in [2.05, 4.69) is 15.3 Å². The first-order valence-electron chi connectivity index (χ1n) is 4.49. The van der Waals surface area contributed by atoms with E-state index in [0.29, 0.717) is 10.6 Å². The van der Waals surface area contributed by atoms with Crippen molar-refractivity contribution < 1.29 is 4.79 Å². The lowest BCUT2D eigenvalue weighted by atomic mass is 10.2. The molecule has 0 aromatic carbocycles. The van der Waals surface area contributed by atoms with E-state index in [1.807, 2.05) is 6.92 Å². The van der Waals surface area contributed by atoms with Crippen LogP contribution in [0.4, 0.5) is 5.69 Å². The number of amides is 1. The molecule has 0 aliphatic rings. The molecule has 2 heterocycles. The number of anilines is 1. The predicted molar refractivity (Wildman–Crippen MR) is 64.1 cm³/mol. The van der Waals surface area contributed by atoms with E-state index < -0.39 is 0 Å². The van der Waals surface area contributed by atoms with Gasteiger partial charge in [0.1, 0.15) is 4.88 Å². The number of aromatic nitrogens is 2. The molecule has 0 atom stereocenters. The molecular weight excluding hydrogens is 246 g/mol. The number of hydrogen-bond donors (Lipinski definition) is 1. The smallest absolute Gasteiger partial charge is 0.267 e. The van der Waals surface area contributed by atoms with E-state index in [-0.39, 0.29) is 11.1 Å². The first-order chi connectivity index (χ1) is 7.68. The molecule has 4 nitrogen and oxygen atoms in total. The van der Waals surface area contributed by atoms with Gasteiger partial charge >= 0.3 is 0 Å². The monoisotopic (exact) mass is 253 g/mol. The van der Waals surface area contributed by atoms with Crippen LogP contribution in [0.2, 0.25) is 5.15 Å². The average Bonchev–Trinajstić information content (AvgIpc) is 2.76. The zero-order valence-electron chi connectivity index (χ0n) is 8.40. The van der Waals surface area contributed by atoms with E-state index >= 15 is 0 Å². The third-order valence-electron chi connectivity index (χ3n) is 2.01. The van der Waals surface area contributed by atoms with Crippen molar-refractivity contribution in [1.82, 2.24) is 9.97 Å². The Hall–Kier alpha value is -1.46. The van der Waals surface area contributed by atoms with Crippen molar-refractivity contribution >= 4 is 34.5 Å². The Labute approximate surface area is 101 Å². The van der Waals surface area contributed by atoms with Crippen LogP contribution in [0.5, 0.6) is 0 Å². The van der Waals surface area contributed by atoms with E-state index in [1.54, 1.807) is 17.8 Å². The molecule has 0 saturated carbocycles. The van der Waals surface area contributed by atoms with Crippen LogP contribution in [0.3, 0.4) is 0 Å². The summed E-state index contributed by atoms with van der Waals surface area (Å²) in [5.41, 5.74) is 3.02. The minimum atomic E-state index is -0.222. The highest BCUT2D eigenvalue weighted by atomic mass is 35.5. The lowest BCUT2D eigenvalue weighted by Crippen LogP contribution is -2.12. The van der Waals surface area contributed by atoms with Crippen LogP contribution >= 0.6 is 22.9 Å². The Morgan fingerprint density at radius 1 is 1.56 bits per heavy atom. The molecule has 2 aromatic rings. The fourth-order valence-electron chi connectivity index (χ4n) is 1.18. The molecule has 1 amide bonds. The number of hydrogen-bond acceptors (Lipinski definition) is 4. The normalized spacial score (nSPS) is 10.1. The molecule has 1 N–H and O–H groups in total. The Morgan fingerprint density at radius 2 is 2.38 bits per heavy atom. The third kappa shape index (κ3) is 2.20. The van der Waals surface area contributed by atoms with Gasteiger partial charge in [0.25, 0.3) is 5.91 Å². The number of rotatable bonds is 2. The van der Waals surface area contributed by atoms with Crippen molar-refractivity contribution in [2.45, 2.75) is 6.92 Å². The van der Waals surface area contributed by atoms with E-state index in [0.717, 1.165) is 5.56 Å². The summed E-state index contributed by atoms with van der Waals surface area (Å²) in [6.45, 7) is 1.86. The maximum absolute atomic E-state index is 11.8. The van der Waals surface area contributed by atoms with Gasteiger partial charge in [0.15, 0.2) is 5.15 Å². The topological polar surface area (TPSA) is 54.9 Å². The summed E-state index contributed by atoms with van der Waals surface area (Å²) in [6.07, 6.45) is 3.11. The highest BCUT2D eigenvalue weighted by Gasteiger charge is 2.11. The van der Waals surface area contributed by atoms with Gasteiger partial charge in [-0.1, -0.05) is 11.6 Å². The van der Waals surface area contributed by atoms with Gasteiger partial charge in [-0.05, 0) is 18.6 Å². The van der Waals surface area contributed by atoms with Crippen molar-refractivity contribution in [1.29, 1.82) is 0 Å². The summed E-state index contributed by atoms with van der Waals surface area (Å²) < 4.78 is 0. The number of aryl methyl sites for hydroxylation is 1. The summed E-state index contributed by atoms with van der Waals surface area (Å²) in [4.78, 5) is 20.0. The van der Waals surface area contributed by atoms with Crippen LogP contribution in [-0.2, 0) is 0 Å². The molecule has 0 aliphatic heterocycles. The van der Waals surface area contributed by atoms with Gasteiger partial charge in [-0.3, -0.25) is 9.78 Å². The summed E-state index contributed by atoms with van der Waals surface area (Å²) in [5, 5.41) is 3.01. The number of thiazole rings is 1. The SMILES string of the molecule is Cc1ccnc(Cl)c1NC(=O)c1cncs1. The molecule has 0 unspecified atom stereocenters. The molecule has 0 aliphatic carbocycles. The van der Waals surface area contributed by atoms with Crippen LogP contribution < -0.4 is 5.32 Å². The molecule has 2 rings (SSSR count). The Balaban J connectivity index is 2.25. The molecule has 0 saturated heterocycles. The first kappa shape index (κ1) is 11.0. The zero-order chi connectivity index (χ0) is 11.5. The van der Waals surface area contributed by atoms with Crippen molar-refractivity contribution in [2.75, 3.05) is 5.32 Å². The summed E-state index contributed by atoms with van der Waals surface area (Å²) in [6, 6.07) is 1.79. The maximum atomic E-state index is 11.8. The van der Waals surface area contributed by atoms with Crippen LogP contribution in [0.15, 0.2) is 24.0 Å². The van der Waals surface area contributed by atoms with Gasteiger partial charge in [-0.25, -0.2) is 4.98 Å². The fraction of sp³-hybridized carbons (Fsp3) is 0.100. The molecule has 2 aromatic heterocycles. The van der Waals surface area contributed by atoms with Gasteiger partial charge < -0.3 is 5.32 Å².